The number of nitrogens with one attached hydrogen (secondary N) is 1. The minimum absolute atomic E-state index is 0.0466. The summed E-state index contributed by atoms with van der Waals surface area (Å²) in [5.74, 6) is 0.121. The summed E-state index contributed by atoms with van der Waals surface area (Å²) in [6.45, 7) is 5.07. The predicted octanol–water partition coefficient (Wildman–Crippen LogP) is 4.27. The largest absolute Gasteiger partial charge is 0.481 e. The number of hydrogen-bond acceptors (Lipinski definition) is 4. The number of anilines is 1. The highest BCUT2D eigenvalue weighted by Crippen LogP contribution is 2.24. The number of halogens is 1. The molecule has 0 radical (unpaired) electrons. The average molecular weight is 349 g/mol. The van der Waals surface area contributed by atoms with Crippen LogP contribution in [0.25, 0.3) is 0 Å². The minimum atomic E-state index is -0.772. The van der Waals surface area contributed by atoms with Crippen molar-refractivity contribution in [2.75, 3.05) is 5.32 Å². The molecule has 0 saturated heterocycles. The molecule has 126 valence electrons. The van der Waals surface area contributed by atoms with E-state index in [0.717, 1.165) is 5.56 Å². The highest BCUT2D eigenvalue weighted by molar-refractivity contribution is 6.31. The highest BCUT2D eigenvalue weighted by atomic mass is 35.5. The van der Waals surface area contributed by atoms with Crippen molar-refractivity contribution >= 4 is 28.9 Å². The first-order valence-electron chi connectivity index (χ1n) is 7.26. The van der Waals surface area contributed by atoms with Crippen LogP contribution in [0, 0.1) is 24.0 Å². The molecule has 0 aliphatic rings. The van der Waals surface area contributed by atoms with Crippen molar-refractivity contribution in [3.63, 3.8) is 0 Å². The quantitative estimate of drug-likeness (QED) is 0.646. The van der Waals surface area contributed by atoms with Gasteiger partial charge in [-0.1, -0.05) is 17.7 Å². The van der Waals surface area contributed by atoms with Gasteiger partial charge in [-0.25, -0.2) is 0 Å². The third kappa shape index (κ3) is 4.23. The maximum atomic E-state index is 12.2. The number of rotatable bonds is 5. The lowest BCUT2D eigenvalue weighted by molar-refractivity contribution is -0.385. The van der Waals surface area contributed by atoms with E-state index >= 15 is 0 Å². The summed E-state index contributed by atoms with van der Waals surface area (Å²) in [6, 6.07) is 9.63. The lowest BCUT2D eigenvalue weighted by Crippen LogP contribution is -2.30. The molecule has 1 unspecified atom stereocenters. The third-order valence-electron chi connectivity index (χ3n) is 3.48. The molecule has 1 atom stereocenters. The number of carbonyl (C=O) groups is 1. The van der Waals surface area contributed by atoms with E-state index in [1.807, 2.05) is 6.92 Å². The van der Waals surface area contributed by atoms with Crippen molar-refractivity contribution in [1.29, 1.82) is 0 Å². The molecular formula is C17H17ClN2O4. The maximum Gasteiger partial charge on any atom is 0.274 e. The van der Waals surface area contributed by atoms with Crippen LogP contribution in [0.4, 0.5) is 11.4 Å². The van der Waals surface area contributed by atoms with Crippen LogP contribution < -0.4 is 10.1 Å². The van der Waals surface area contributed by atoms with Crippen LogP contribution in [0.1, 0.15) is 18.1 Å². The topological polar surface area (TPSA) is 81.5 Å². The molecule has 2 rings (SSSR count). The van der Waals surface area contributed by atoms with Gasteiger partial charge in [0.1, 0.15) is 5.75 Å². The number of carbonyl (C=O) groups excluding carboxylic acids is 1. The fourth-order valence-electron chi connectivity index (χ4n) is 2.08. The molecule has 0 spiro atoms. The molecule has 0 saturated carbocycles. The minimum Gasteiger partial charge on any atom is -0.481 e. The molecule has 2 aromatic rings. The van der Waals surface area contributed by atoms with E-state index < -0.39 is 16.9 Å². The van der Waals surface area contributed by atoms with Crippen LogP contribution in [-0.2, 0) is 4.79 Å². The number of nitro groups is 1. The Morgan fingerprint density at radius 2 is 1.92 bits per heavy atom. The molecule has 0 aromatic heterocycles. The zero-order valence-electron chi connectivity index (χ0n) is 13.5. The van der Waals surface area contributed by atoms with Crippen molar-refractivity contribution < 1.29 is 14.5 Å². The van der Waals surface area contributed by atoms with Gasteiger partial charge in [-0.05, 0) is 50.6 Å². The summed E-state index contributed by atoms with van der Waals surface area (Å²) >= 11 is 5.95. The first-order valence-corrected chi connectivity index (χ1v) is 7.64. The molecule has 7 heteroatoms. The Morgan fingerprint density at radius 3 is 2.54 bits per heavy atom. The third-order valence-corrected chi connectivity index (χ3v) is 3.91. The zero-order valence-corrected chi connectivity index (χ0v) is 14.3. The molecule has 6 nitrogen and oxygen atoms in total. The van der Waals surface area contributed by atoms with E-state index in [-0.39, 0.29) is 5.69 Å². The van der Waals surface area contributed by atoms with Crippen LogP contribution >= 0.6 is 11.6 Å². The smallest absolute Gasteiger partial charge is 0.274 e. The fourth-order valence-corrected chi connectivity index (χ4v) is 2.19. The fraction of sp³-hybridized carbons (Fsp3) is 0.235. The molecular weight excluding hydrogens is 332 g/mol. The van der Waals surface area contributed by atoms with Crippen LogP contribution in [0.5, 0.6) is 5.75 Å². The number of amides is 1. The molecule has 0 heterocycles. The summed E-state index contributed by atoms with van der Waals surface area (Å²) in [5.41, 5.74) is 1.67. The Balaban J connectivity index is 2.07. The first-order chi connectivity index (χ1) is 11.3. The lowest BCUT2D eigenvalue weighted by Gasteiger charge is -2.15. The zero-order chi connectivity index (χ0) is 17.9. The van der Waals surface area contributed by atoms with E-state index in [1.54, 1.807) is 44.2 Å². The van der Waals surface area contributed by atoms with Crippen LogP contribution in [-0.4, -0.2) is 16.9 Å². The van der Waals surface area contributed by atoms with Crippen LogP contribution in [0.2, 0.25) is 5.02 Å². The Hall–Kier alpha value is -2.60. The molecule has 2 aromatic carbocycles. The Kier molecular flexibility index (Phi) is 5.41. The number of benzene rings is 2. The van der Waals surface area contributed by atoms with Gasteiger partial charge in [0, 0.05) is 22.3 Å². The van der Waals surface area contributed by atoms with Gasteiger partial charge in [-0.15, -0.1) is 0 Å². The maximum absolute atomic E-state index is 12.2. The first kappa shape index (κ1) is 17.7. The van der Waals surface area contributed by atoms with Crippen molar-refractivity contribution in [2.45, 2.75) is 26.9 Å². The van der Waals surface area contributed by atoms with Gasteiger partial charge in [-0.2, -0.15) is 0 Å². The van der Waals surface area contributed by atoms with E-state index in [2.05, 4.69) is 5.32 Å². The van der Waals surface area contributed by atoms with Gasteiger partial charge >= 0.3 is 0 Å². The van der Waals surface area contributed by atoms with E-state index in [1.165, 1.54) is 6.07 Å². The number of hydrogen-bond donors (Lipinski definition) is 1. The Morgan fingerprint density at radius 1 is 1.21 bits per heavy atom. The lowest BCUT2D eigenvalue weighted by atomic mass is 10.2. The Bertz CT molecular complexity index is 792. The highest BCUT2D eigenvalue weighted by Gasteiger charge is 2.17. The van der Waals surface area contributed by atoms with Crippen LogP contribution in [0.15, 0.2) is 36.4 Å². The second-order valence-corrected chi connectivity index (χ2v) is 5.83. The van der Waals surface area contributed by atoms with Crippen molar-refractivity contribution in [1.82, 2.24) is 0 Å². The van der Waals surface area contributed by atoms with Gasteiger partial charge in [0.25, 0.3) is 11.6 Å². The summed E-state index contributed by atoms with van der Waals surface area (Å²) < 4.78 is 5.58. The van der Waals surface area contributed by atoms with Crippen molar-refractivity contribution in [3.8, 4) is 5.75 Å². The molecule has 0 aliphatic carbocycles. The Labute approximate surface area is 144 Å². The average Bonchev–Trinajstić information content (AvgIpc) is 2.52. The summed E-state index contributed by atoms with van der Waals surface area (Å²) in [5, 5.41) is 14.2. The summed E-state index contributed by atoms with van der Waals surface area (Å²) in [4.78, 5) is 22.7. The molecule has 0 bridgehead atoms. The molecule has 0 fully saturated rings. The molecule has 1 amide bonds. The van der Waals surface area contributed by atoms with Gasteiger partial charge in [0.2, 0.25) is 0 Å². The van der Waals surface area contributed by atoms with Gasteiger partial charge in [0.05, 0.1) is 4.92 Å². The van der Waals surface area contributed by atoms with Gasteiger partial charge in [-0.3, -0.25) is 14.9 Å². The van der Waals surface area contributed by atoms with E-state index in [0.29, 0.717) is 22.0 Å². The number of ether oxygens (including phenoxy) is 1. The molecule has 24 heavy (non-hydrogen) atoms. The number of aryl methyl sites for hydroxylation is 2. The van der Waals surface area contributed by atoms with E-state index in [9.17, 15) is 14.9 Å². The predicted molar refractivity (Wildman–Crippen MR) is 92.7 cm³/mol. The normalized spacial score (nSPS) is 11.7. The van der Waals surface area contributed by atoms with Crippen LogP contribution in [0.3, 0.4) is 0 Å². The van der Waals surface area contributed by atoms with Crippen molar-refractivity contribution in [2.24, 2.45) is 0 Å². The number of nitrogens with zero attached hydrogens (tertiary/aromatic N) is 1. The summed E-state index contributed by atoms with van der Waals surface area (Å²) in [7, 11) is 0. The molecule has 1 N–H and O–H groups in total. The van der Waals surface area contributed by atoms with Crippen molar-refractivity contribution in [3.05, 3.63) is 62.7 Å². The van der Waals surface area contributed by atoms with E-state index in [4.69, 9.17) is 16.3 Å². The monoisotopic (exact) mass is 348 g/mol. The van der Waals surface area contributed by atoms with Gasteiger partial charge in [0.15, 0.2) is 6.10 Å². The second-order valence-electron chi connectivity index (χ2n) is 5.42. The van der Waals surface area contributed by atoms with Gasteiger partial charge < -0.3 is 10.1 Å². The second kappa shape index (κ2) is 7.31. The summed E-state index contributed by atoms with van der Waals surface area (Å²) in [6.07, 6.45) is -0.772. The number of nitro benzene ring substituents is 1. The molecule has 0 aliphatic heterocycles. The SMILES string of the molecule is Cc1cc(OC(C)C(=O)Nc2ccc(C)c([N+](=O)[O-])c2)ccc1Cl. The standard InChI is InChI=1S/C17H17ClN2O4/c1-10-4-5-13(9-16(10)20(22)23)19-17(21)12(3)24-14-6-7-15(18)11(2)8-14/h4-9,12H,1-3H3,(H,19,21).